The maximum absolute atomic E-state index is 11.9. The highest BCUT2D eigenvalue weighted by Gasteiger charge is 2.50. The van der Waals surface area contributed by atoms with Crippen molar-refractivity contribution in [3.05, 3.63) is 0 Å². The van der Waals surface area contributed by atoms with E-state index < -0.39 is 15.4 Å². The van der Waals surface area contributed by atoms with Gasteiger partial charge in [-0.15, -0.1) is 0 Å². The number of amides is 1. The van der Waals surface area contributed by atoms with E-state index in [1.165, 1.54) is 0 Å². The first-order chi connectivity index (χ1) is 7.02. The van der Waals surface area contributed by atoms with Crippen LogP contribution in [0, 0.1) is 10.8 Å². The SMILES string of the molecule is CC(C)(CN)CN1C(=O)C(C)(C)CS1(=O)=O. The molecule has 0 aromatic carbocycles. The zero-order chi connectivity index (χ0) is 12.8. The fraction of sp³-hybridized carbons (Fsp3) is 0.900. The Morgan fingerprint density at radius 1 is 1.44 bits per heavy atom. The second-order valence-electron chi connectivity index (χ2n) is 5.82. The van der Waals surface area contributed by atoms with E-state index in [0.717, 1.165) is 4.31 Å². The van der Waals surface area contributed by atoms with Crippen molar-refractivity contribution in [3.8, 4) is 0 Å². The van der Waals surface area contributed by atoms with E-state index in [4.69, 9.17) is 5.73 Å². The summed E-state index contributed by atoms with van der Waals surface area (Å²) in [5.74, 6) is -0.437. The van der Waals surface area contributed by atoms with Gasteiger partial charge in [0, 0.05) is 6.54 Å². The number of sulfonamides is 1. The Bertz CT molecular complexity index is 398. The average molecular weight is 248 g/mol. The van der Waals surface area contributed by atoms with Crippen LogP contribution < -0.4 is 5.73 Å². The summed E-state index contributed by atoms with van der Waals surface area (Å²) in [6, 6.07) is 0. The summed E-state index contributed by atoms with van der Waals surface area (Å²) in [4.78, 5) is 11.9. The topological polar surface area (TPSA) is 80.5 Å². The maximum Gasteiger partial charge on any atom is 0.242 e. The Morgan fingerprint density at radius 2 is 1.94 bits per heavy atom. The molecule has 1 fully saturated rings. The van der Waals surface area contributed by atoms with Crippen LogP contribution >= 0.6 is 0 Å². The van der Waals surface area contributed by atoms with Gasteiger partial charge in [-0.2, -0.15) is 0 Å². The zero-order valence-corrected chi connectivity index (χ0v) is 11.1. The van der Waals surface area contributed by atoms with Crippen LogP contribution in [0.15, 0.2) is 0 Å². The number of nitrogens with zero attached hydrogens (tertiary/aromatic N) is 1. The van der Waals surface area contributed by atoms with Crippen LogP contribution in [0.1, 0.15) is 27.7 Å². The van der Waals surface area contributed by atoms with E-state index in [9.17, 15) is 13.2 Å². The van der Waals surface area contributed by atoms with Gasteiger partial charge in [0.25, 0.3) is 0 Å². The number of hydrogen-bond donors (Lipinski definition) is 1. The van der Waals surface area contributed by atoms with Gasteiger partial charge >= 0.3 is 0 Å². The molecule has 16 heavy (non-hydrogen) atoms. The predicted molar refractivity (Wildman–Crippen MR) is 62.1 cm³/mol. The first kappa shape index (κ1) is 13.4. The summed E-state index contributed by atoms with van der Waals surface area (Å²) in [7, 11) is -3.46. The number of carbonyl (C=O) groups is 1. The molecule has 5 nitrogen and oxygen atoms in total. The van der Waals surface area contributed by atoms with Crippen molar-refractivity contribution in [2.45, 2.75) is 27.7 Å². The van der Waals surface area contributed by atoms with Crippen molar-refractivity contribution >= 4 is 15.9 Å². The van der Waals surface area contributed by atoms with Crippen LogP contribution in [0.25, 0.3) is 0 Å². The van der Waals surface area contributed by atoms with Crippen molar-refractivity contribution in [3.63, 3.8) is 0 Å². The van der Waals surface area contributed by atoms with E-state index in [2.05, 4.69) is 0 Å². The highest BCUT2D eigenvalue weighted by molar-refractivity contribution is 7.90. The van der Waals surface area contributed by atoms with Crippen LogP contribution in [0.2, 0.25) is 0 Å². The normalized spacial score (nSPS) is 23.8. The molecule has 1 rings (SSSR count). The van der Waals surface area contributed by atoms with Gasteiger partial charge in [0.05, 0.1) is 11.2 Å². The molecule has 1 amide bonds. The molecule has 1 aliphatic rings. The second kappa shape index (κ2) is 3.70. The molecule has 0 aromatic rings. The van der Waals surface area contributed by atoms with E-state index in [1.54, 1.807) is 13.8 Å². The third kappa shape index (κ3) is 2.38. The van der Waals surface area contributed by atoms with Crippen molar-refractivity contribution in [1.29, 1.82) is 0 Å². The van der Waals surface area contributed by atoms with E-state index in [0.29, 0.717) is 6.54 Å². The van der Waals surface area contributed by atoms with Gasteiger partial charge in [0.2, 0.25) is 15.9 Å². The van der Waals surface area contributed by atoms with Gasteiger partial charge in [-0.25, -0.2) is 12.7 Å². The monoisotopic (exact) mass is 248 g/mol. The second-order valence-corrected chi connectivity index (χ2v) is 7.71. The van der Waals surface area contributed by atoms with E-state index >= 15 is 0 Å². The van der Waals surface area contributed by atoms with Crippen LogP contribution in [0.3, 0.4) is 0 Å². The summed E-state index contributed by atoms with van der Waals surface area (Å²) in [5.41, 5.74) is 4.35. The lowest BCUT2D eigenvalue weighted by molar-refractivity contribution is -0.133. The minimum atomic E-state index is -3.46. The molecule has 1 heterocycles. The Labute approximate surface area is 97.0 Å². The summed E-state index contributed by atoms with van der Waals surface area (Å²) in [6.07, 6.45) is 0. The van der Waals surface area contributed by atoms with Crippen LogP contribution in [0.4, 0.5) is 0 Å². The summed E-state index contributed by atoms with van der Waals surface area (Å²) >= 11 is 0. The van der Waals surface area contributed by atoms with Crippen molar-refractivity contribution < 1.29 is 13.2 Å². The smallest absolute Gasteiger partial charge is 0.242 e. The van der Waals surface area contributed by atoms with Gasteiger partial charge in [-0.05, 0) is 25.8 Å². The van der Waals surface area contributed by atoms with Crippen molar-refractivity contribution in [1.82, 2.24) is 4.31 Å². The molecule has 6 heteroatoms. The van der Waals surface area contributed by atoms with Crippen LogP contribution in [-0.2, 0) is 14.8 Å². The third-order valence-electron chi connectivity index (χ3n) is 2.81. The summed E-state index contributed by atoms with van der Waals surface area (Å²) < 4.78 is 24.7. The molecule has 1 saturated heterocycles. The Hall–Kier alpha value is -0.620. The fourth-order valence-corrected chi connectivity index (χ4v) is 3.92. The Kier molecular flexibility index (Phi) is 3.11. The minimum Gasteiger partial charge on any atom is -0.330 e. The number of rotatable bonds is 3. The molecule has 0 aromatic heterocycles. The molecule has 0 saturated carbocycles. The molecule has 0 atom stereocenters. The van der Waals surface area contributed by atoms with Crippen molar-refractivity contribution in [2.75, 3.05) is 18.8 Å². The van der Waals surface area contributed by atoms with Crippen molar-refractivity contribution in [2.24, 2.45) is 16.6 Å². The zero-order valence-electron chi connectivity index (χ0n) is 10.3. The van der Waals surface area contributed by atoms with Crippen LogP contribution in [-0.4, -0.2) is 37.5 Å². The first-order valence-electron chi connectivity index (χ1n) is 5.27. The lowest BCUT2D eigenvalue weighted by atomic mass is 9.91. The van der Waals surface area contributed by atoms with E-state index in [1.807, 2.05) is 13.8 Å². The fourth-order valence-electron chi connectivity index (χ4n) is 1.68. The lowest BCUT2D eigenvalue weighted by Crippen LogP contribution is -2.42. The molecule has 2 N–H and O–H groups in total. The standard InChI is InChI=1S/C10H20N2O3S/c1-9(2,5-11)6-12-8(13)10(3,4)7-16(12,14)15/h5-7,11H2,1-4H3. The third-order valence-corrected chi connectivity index (χ3v) is 4.86. The number of carbonyl (C=O) groups excluding carboxylic acids is 1. The number of nitrogens with two attached hydrogens (primary N) is 1. The van der Waals surface area contributed by atoms with Crippen LogP contribution in [0.5, 0.6) is 0 Å². The highest BCUT2D eigenvalue weighted by atomic mass is 32.2. The molecule has 0 unspecified atom stereocenters. The summed E-state index contributed by atoms with van der Waals surface area (Å²) in [6.45, 7) is 7.51. The minimum absolute atomic E-state index is 0.112. The van der Waals surface area contributed by atoms with E-state index in [-0.39, 0.29) is 23.6 Å². The first-order valence-corrected chi connectivity index (χ1v) is 6.88. The molecule has 0 radical (unpaired) electrons. The van der Waals surface area contributed by atoms with Gasteiger partial charge < -0.3 is 5.73 Å². The largest absolute Gasteiger partial charge is 0.330 e. The van der Waals surface area contributed by atoms with Gasteiger partial charge in [0.15, 0.2) is 0 Å². The predicted octanol–water partition coefficient (Wildman–Crippen LogP) is 0.170. The maximum atomic E-state index is 11.9. The van der Waals surface area contributed by atoms with Gasteiger partial charge in [0.1, 0.15) is 0 Å². The van der Waals surface area contributed by atoms with Gasteiger partial charge in [-0.3, -0.25) is 4.79 Å². The molecule has 94 valence electrons. The number of hydrogen-bond acceptors (Lipinski definition) is 4. The molecule has 0 bridgehead atoms. The Balaban J connectivity index is 3.02. The molecule has 1 aliphatic heterocycles. The van der Waals surface area contributed by atoms with Gasteiger partial charge in [-0.1, -0.05) is 13.8 Å². The Morgan fingerprint density at radius 3 is 2.25 bits per heavy atom. The highest BCUT2D eigenvalue weighted by Crippen LogP contribution is 2.33. The quantitative estimate of drug-likeness (QED) is 0.772. The summed E-state index contributed by atoms with van der Waals surface area (Å²) in [5, 5.41) is 0. The molecule has 0 aliphatic carbocycles. The molecule has 0 spiro atoms. The molecular formula is C10H20N2O3S. The molecular weight excluding hydrogens is 228 g/mol. The average Bonchev–Trinajstić information content (AvgIpc) is 2.24. The lowest BCUT2D eigenvalue weighted by Gasteiger charge is -2.28.